The topological polar surface area (TPSA) is 17.1 Å². The van der Waals surface area contributed by atoms with E-state index in [2.05, 4.69) is 12.6 Å². The van der Waals surface area contributed by atoms with Crippen molar-refractivity contribution in [1.29, 1.82) is 0 Å². The van der Waals surface area contributed by atoms with Crippen LogP contribution in [0.4, 0.5) is 0 Å². The first kappa shape index (κ1) is 12.0. The van der Waals surface area contributed by atoms with Crippen LogP contribution in [-0.2, 0) is 0 Å². The van der Waals surface area contributed by atoms with Gasteiger partial charge < -0.3 is 1.43 Å². The van der Waals surface area contributed by atoms with Crippen molar-refractivity contribution in [2.24, 2.45) is 0 Å². The van der Waals surface area contributed by atoms with Crippen molar-refractivity contribution in [3.8, 4) is 0 Å². The summed E-state index contributed by atoms with van der Waals surface area (Å²) in [4.78, 5) is 11.4. The maximum Gasteiger partial charge on any atom is 1.00 e. The molecule has 0 aliphatic heterocycles. The molecule has 0 fully saturated rings. The zero-order valence-corrected chi connectivity index (χ0v) is 12.0. The molecule has 64 valence electrons. The Morgan fingerprint density at radius 1 is 1.54 bits per heavy atom. The van der Waals surface area contributed by atoms with Crippen LogP contribution in [0.1, 0.15) is 1.43 Å². The molecule has 0 radical (unpaired) electrons. The van der Waals surface area contributed by atoms with Gasteiger partial charge in [-0.2, -0.15) is 0 Å². The van der Waals surface area contributed by atoms with E-state index < -0.39 is 0 Å². The van der Waals surface area contributed by atoms with E-state index in [-0.39, 0.29) is 41.4 Å². The SMILES string of the molecule is O=c1c(Cl)c(S)sc2ccsc12.[H-].[Na+]. The molecule has 2 aromatic heterocycles. The second kappa shape index (κ2) is 4.66. The minimum atomic E-state index is -0.106. The van der Waals surface area contributed by atoms with Crippen LogP contribution >= 0.6 is 46.9 Å². The number of hydrogen-bond donors (Lipinski definition) is 1. The van der Waals surface area contributed by atoms with Gasteiger partial charge in [0.2, 0.25) is 5.43 Å². The molecule has 13 heavy (non-hydrogen) atoms. The molecule has 0 N–H and O–H groups in total. The Balaban J connectivity index is 0.000000845. The van der Waals surface area contributed by atoms with Crippen LogP contribution in [0.2, 0.25) is 5.02 Å². The molecule has 0 aliphatic rings. The summed E-state index contributed by atoms with van der Waals surface area (Å²) in [6, 6.07) is 1.90. The predicted molar refractivity (Wildman–Crippen MR) is 59.3 cm³/mol. The quantitative estimate of drug-likeness (QED) is 0.534. The average molecular weight is 259 g/mol. The second-order valence-electron chi connectivity index (χ2n) is 2.16. The third-order valence-electron chi connectivity index (χ3n) is 1.43. The van der Waals surface area contributed by atoms with Crippen molar-refractivity contribution in [3.05, 3.63) is 26.7 Å². The van der Waals surface area contributed by atoms with Gasteiger partial charge in [-0.05, 0) is 11.4 Å². The number of fused-ring (bicyclic) bond motifs is 1. The van der Waals surface area contributed by atoms with Crippen LogP contribution in [0, 0.1) is 0 Å². The largest absolute Gasteiger partial charge is 1.00 e. The molecule has 0 atom stereocenters. The van der Waals surface area contributed by atoms with E-state index in [0.717, 1.165) is 9.40 Å². The van der Waals surface area contributed by atoms with Gasteiger partial charge in [-0.15, -0.1) is 35.3 Å². The average Bonchev–Trinajstić information content (AvgIpc) is 2.48. The van der Waals surface area contributed by atoms with Crippen LogP contribution < -0.4 is 35.0 Å². The number of halogens is 1. The molecule has 0 aliphatic carbocycles. The maximum absolute atomic E-state index is 11.4. The predicted octanol–water partition coefficient (Wildman–Crippen LogP) is 0.382. The Kier molecular flexibility index (Phi) is 4.32. The summed E-state index contributed by atoms with van der Waals surface area (Å²) in [6.45, 7) is 0. The third kappa shape index (κ3) is 2.15. The smallest absolute Gasteiger partial charge is 1.00 e. The van der Waals surface area contributed by atoms with Gasteiger partial charge in [0.25, 0.3) is 0 Å². The standard InChI is InChI=1S/C7H3ClOS3.Na.H/c8-4-5(9)6-3(1-2-11-6)12-7(4)10;;/h1-2,10H;;/q;+1;-1. The summed E-state index contributed by atoms with van der Waals surface area (Å²) < 4.78 is 2.27. The Bertz CT molecular complexity index is 495. The van der Waals surface area contributed by atoms with Gasteiger partial charge in [0.15, 0.2) is 0 Å². The summed E-state index contributed by atoms with van der Waals surface area (Å²) in [6.07, 6.45) is 0. The summed E-state index contributed by atoms with van der Waals surface area (Å²) in [5, 5.41) is 2.12. The zero-order valence-electron chi connectivity index (χ0n) is 7.70. The maximum atomic E-state index is 11.4. The molecule has 0 aromatic carbocycles. The molecule has 6 heteroatoms. The van der Waals surface area contributed by atoms with Crippen molar-refractivity contribution in [3.63, 3.8) is 0 Å². The van der Waals surface area contributed by atoms with Gasteiger partial charge >= 0.3 is 29.6 Å². The second-order valence-corrected chi connectivity index (χ2v) is 5.26. The molecule has 2 aromatic rings. The summed E-state index contributed by atoms with van der Waals surface area (Å²) in [5.41, 5.74) is -0.106. The molecule has 0 saturated carbocycles. The minimum absolute atomic E-state index is 0. The van der Waals surface area contributed by atoms with E-state index in [1.54, 1.807) is 0 Å². The van der Waals surface area contributed by atoms with Gasteiger partial charge in [0.05, 0.1) is 13.6 Å². The van der Waals surface area contributed by atoms with Crippen molar-refractivity contribution in [2.45, 2.75) is 4.21 Å². The third-order valence-corrected chi connectivity index (χ3v) is 4.53. The fraction of sp³-hybridized carbons (Fsp3) is 0. The summed E-state index contributed by atoms with van der Waals surface area (Å²) in [7, 11) is 0. The molecule has 0 saturated heterocycles. The molecule has 0 amide bonds. The summed E-state index contributed by atoms with van der Waals surface area (Å²) in [5.74, 6) is 0. The normalized spacial score (nSPS) is 10.0. The van der Waals surface area contributed by atoms with E-state index in [1.807, 2.05) is 11.4 Å². The van der Waals surface area contributed by atoms with Crippen LogP contribution in [0.15, 0.2) is 20.5 Å². The van der Waals surface area contributed by atoms with Crippen LogP contribution in [0.5, 0.6) is 0 Å². The van der Waals surface area contributed by atoms with Crippen molar-refractivity contribution >= 4 is 56.3 Å². The first-order valence-corrected chi connectivity index (χ1v) is 5.61. The van der Waals surface area contributed by atoms with Crippen molar-refractivity contribution in [1.82, 2.24) is 0 Å². The number of rotatable bonds is 0. The first-order chi connectivity index (χ1) is 5.70. The van der Waals surface area contributed by atoms with Gasteiger partial charge in [-0.3, -0.25) is 4.79 Å². The molecule has 0 bridgehead atoms. The van der Waals surface area contributed by atoms with E-state index in [1.165, 1.54) is 22.7 Å². The van der Waals surface area contributed by atoms with E-state index in [4.69, 9.17) is 11.6 Å². The molecule has 2 rings (SSSR count). The van der Waals surface area contributed by atoms with E-state index >= 15 is 0 Å². The van der Waals surface area contributed by atoms with Crippen LogP contribution in [-0.4, -0.2) is 0 Å². The van der Waals surface area contributed by atoms with Gasteiger partial charge in [0, 0.05) is 0 Å². The first-order valence-electron chi connectivity index (χ1n) is 3.09. The molecule has 1 nitrogen and oxygen atoms in total. The minimum Gasteiger partial charge on any atom is -1.00 e. The monoisotopic (exact) mass is 258 g/mol. The Hall–Kier alpha value is 0.970. The van der Waals surface area contributed by atoms with E-state index in [0.29, 0.717) is 4.21 Å². The van der Waals surface area contributed by atoms with Crippen LogP contribution in [0.3, 0.4) is 0 Å². The molecule has 2 heterocycles. The fourth-order valence-corrected chi connectivity index (χ4v) is 3.35. The van der Waals surface area contributed by atoms with Gasteiger partial charge in [-0.1, -0.05) is 11.6 Å². The zero-order chi connectivity index (χ0) is 8.72. The molecule has 0 spiro atoms. The molecular formula is C7H4ClNaOS3. The fourth-order valence-electron chi connectivity index (χ4n) is 0.889. The van der Waals surface area contributed by atoms with Gasteiger partial charge in [-0.25, -0.2) is 0 Å². The molecular weight excluding hydrogens is 255 g/mol. The Morgan fingerprint density at radius 3 is 2.92 bits per heavy atom. The van der Waals surface area contributed by atoms with Crippen molar-refractivity contribution in [2.75, 3.05) is 0 Å². The number of thiol groups is 1. The Morgan fingerprint density at radius 2 is 2.23 bits per heavy atom. The number of hydrogen-bond acceptors (Lipinski definition) is 4. The van der Waals surface area contributed by atoms with Gasteiger partial charge in [0.1, 0.15) is 5.02 Å². The van der Waals surface area contributed by atoms with Crippen LogP contribution in [0.25, 0.3) is 9.40 Å². The Labute approximate surface area is 117 Å². The van der Waals surface area contributed by atoms with Crippen molar-refractivity contribution < 1.29 is 31.0 Å². The number of thiophene rings is 1. The van der Waals surface area contributed by atoms with E-state index in [9.17, 15) is 4.79 Å². The summed E-state index contributed by atoms with van der Waals surface area (Å²) >= 11 is 12.7. The molecule has 0 unspecified atom stereocenters.